The molecule has 1 aliphatic heterocycles. The summed E-state index contributed by atoms with van der Waals surface area (Å²) in [6.07, 6.45) is 3.50. The minimum atomic E-state index is -0.691. The maximum absolute atomic E-state index is 12.5. The van der Waals surface area contributed by atoms with Crippen LogP contribution in [0.2, 0.25) is 0 Å². The molecular formula is C14H25N3O2. The third-order valence-electron chi connectivity index (χ3n) is 4.76. The lowest BCUT2D eigenvalue weighted by Gasteiger charge is -2.39. The number of oxime groups is 1. The van der Waals surface area contributed by atoms with Crippen LogP contribution in [-0.4, -0.2) is 34.9 Å². The van der Waals surface area contributed by atoms with Crippen LogP contribution in [0.15, 0.2) is 5.16 Å². The number of amidine groups is 1. The summed E-state index contributed by atoms with van der Waals surface area (Å²) in [5.41, 5.74) is 5.28. The van der Waals surface area contributed by atoms with Gasteiger partial charge in [-0.05, 0) is 37.0 Å². The summed E-state index contributed by atoms with van der Waals surface area (Å²) >= 11 is 0. The Balaban J connectivity index is 1.97. The summed E-state index contributed by atoms with van der Waals surface area (Å²) in [5, 5.41) is 11.8. The average Bonchev–Trinajstić information content (AvgIpc) is 3.17. The first-order valence-electron chi connectivity index (χ1n) is 7.08. The van der Waals surface area contributed by atoms with Crippen LogP contribution in [0.5, 0.6) is 0 Å². The molecule has 1 saturated carbocycles. The van der Waals surface area contributed by atoms with Crippen molar-refractivity contribution in [2.75, 3.05) is 13.1 Å². The van der Waals surface area contributed by atoms with Gasteiger partial charge < -0.3 is 15.8 Å². The number of hydrogen-bond acceptors (Lipinski definition) is 3. The first-order valence-corrected chi connectivity index (χ1v) is 7.08. The van der Waals surface area contributed by atoms with Crippen LogP contribution in [0.3, 0.4) is 0 Å². The molecule has 1 saturated heterocycles. The predicted molar refractivity (Wildman–Crippen MR) is 73.8 cm³/mol. The van der Waals surface area contributed by atoms with E-state index in [0.29, 0.717) is 24.2 Å². The van der Waals surface area contributed by atoms with E-state index in [9.17, 15) is 4.79 Å². The van der Waals surface area contributed by atoms with E-state index in [4.69, 9.17) is 10.9 Å². The van der Waals surface area contributed by atoms with Crippen molar-refractivity contribution in [1.82, 2.24) is 4.90 Å². The Morgan fingerprint density at radius 1 is 1.32 bits per heavy atom. The molecule has 0 radical (unpaired) electrons. The Labute approximate surface area is 114 Å². The molecule has 0 bridgehead atoms. The summed E-state index contributed by atoms with van der Waals surface area (Å²) in [5.74, 6) is 0.793. The third-order valence-corrected chi connectivity index (χ3v) is 4.76. The molecule has 2 aliphatic rings. The zero-order valence-electron chi connectivity index (χ0n) is 12.1. The second kappa shape index (κ2) is 4.69. The predicted octanol–water partition coefficient (Wildman–Crippen LogP) is 1.80. The fourth-order valence-corrected chi connectivity index (χ4v) is 3.05. The molecule has 2 rings (SSSR count). The standard InChI is InChI=1S/C14H25N3O2/c1-13(2,3)10-4-8-17(9-5-10)12(18)14(6-7-14)11(15)16-19/h10,19H,4-9H2,1-3H3,(H2,15,16). The molecule has 108 valence electrons. The van der Waals surface area contributed by atoms with E-state index in [1.54, 1.807) is 0 Å². The van der Waals surface area contributed by atoms with E-state index in [1.807, 2.05) is 4.90 Å². The van der Waals surface area contributed by atoms with Crippen molar-refractivity contribution in [2.45, 2.75) is 46.5 Å². The minimum Gasteiger partial charge on any atom is -0.409 e. The lowest BCUT2D eigenvalue weighted by molar-refractivity contribution is -0.136. The Hall–Kier alpha value is -1.26. The first-order chi connectivity index (χ1) is 8.81. The van der Waals surface area contributed by atoms with Gasteiger partial charge in [-0.25, -0.2) is 0 Å². The molecule has 1 heterocycles. The Morgan fingerprint density at radius 2 is 1.84 bits per heavy atom. The van der Waals surface area contributed by atoms with Crippen LogP contribution in [0.1, 0.15) is 46.5 Å². The van der Waals surface area contributed by atoms with Gasteiger partial charge >= 0.3 is 0 Å². The van der Waals surface area contributed by atoms with Crippen molar-refractivity contribution in [3.05, 3.63) is 0 Å². The van der Waals surface area contributed by atoms with Crippen LogP contribution in [0.25, 0.3) is 0 Å². The molecule has 19 heavy (non-hydrogen) atoms. The van der Waals surface area contributed by atoms with E-state index in [2.05, 4.69) is 25.9 Å². The van der Waals surface area contributed by atoms with Crippen LogP contribution in [0, 0.1) is 16.7 Å². The maximum Gasteiger partial charge on any atom is 0.236 e. The molecule has 0 aromatic heterocycles. The lowest BCUT2D eigenvalue weighted by atomic mass is 9.75. The number of carbonyl (C=O) groups is 1. The van der Waals surface area contributed by atoms with Crippen LogP contribution in [-0.2, 0) is 4.79 Å². The van der Waals surface area contributed by atoms with Crippen molar-refractivity contribution in [1.29, 1.82) is 0 Å². The molecule has 5 nitrogen and oxygen atoms in total. The Bertz CT molecular complexity index is 386. The molecule has 1 aliphatic carbocycles. The van der Waals surface area contributed by atoms with Crippen LogP contribution < -0.4 is 5.73 Å². The number of piperidine rings is 1. The van der Waals surface area contributed by atoms with Crippen molar-refractivity contribution in [3.63, 3.8) is 0 Å². The third kappa shape index (κ3) is 2.55. The Morgan fingerprint density at radius 3 is 2.21 bits per heavy atom. The molecular weight excluding hydrogens is 242 g/mol. The van der Waals surface area contributed by atoms with E-state index in [-0.39, 0.29) is 11.7 Å². The van der Waals surface area contributed by atoms with Crippen LogP contribution in [0.4, 0.5) is 0 Å². The summed E-state index contributed by atoms with van der Waals surface area (Å²) in [4.78, 5) is 14.4. The van der Waals surface area contributed by atoms with Gasteiger partial charge in [-0.1, -0.05) is 25.9 Å². The van der Waals surface area contributed by atoms with Gasteiger partial charge in [0.05, 0.1) is 0 Å². The Kier molecular flexibility index (Phi) is 3.49. The lowest BCUT2D eigenvalue weighted by Crippen LogP contribution is -2.48. The zero-order chi connectivity index (χ0) is 14.3. The van der Waals surface area contributed by atoms with Gasteiger partial charge in [0, 0.05) is 13.1 Å². The van der Waals surface area contributed by atoms with Gasteiger partial charge in [-0.15, -0.1) is 0 Å². The van der Waals surface area contributed by atoms with Gasteiger partial charge in [0.15, 0.2) is 5.84 Å². The van der Waals surface area contributed by atoms with E-state index in [0.717, 1.165) is 25.9 Å². The largest absolute Gasteiger partial charge is 0.409 e. The highest BCUT2D eigenvalue weighted by Crippen LogP contribution is 2.48. The molecule has 2 fully saturated rings. The fraction of sp³-hybridized carbons (Fsp3) is 0.857. The van der Waals surface area contributed by atoms with Gasteiger partial charge in [0.25, 0.3) is 0 Å². The van der Waals surface area contributed by atoms with Gasteiger partial charge in [0.1, 0.15) is 5.41 Å². The van der Waals surface area contributed by atoms with Crippen LogP contribution >= 0.6 is 0 Å². The maximum atomic E-state index is 12.5. The SMILES string of the molecule is CC(C)(C)C1CCN(C(=O)C2(C(N)=NO)CC2)CC1. The number of nitrogens with two attached hydrogens (primary N) is 1. The average molecular weight is 267 g/mol. The molecule has 1 amide bonds. The van der Waals surface area contributed by atoms with E-state index in [1.165, 1.54) is 0 Å². The van der Waals surface area contributed by atoms with Crippen molar-refractivity contribution in [3.8, 4) is 0 Å². The normalized spacial score (nSPS) is 24.4. The smallest absolute Gasteiger partial charge is 0.236 e. The summed E-state index contributed by atoms with van der Waals surface area (Å²) < 4.78 is 0. The minimum absolute atomic E-state index is 0.0511. The van der Waals surface area contributed by atoms with Gasteiger partial charge in [0.2, 0.25) is 5.91 Å². The molecule has 5 heteroatoms. The molecule has 0 spiro atoms. The highest BCUT2D eigenvalue weighted by atomic mass is 16.4. The number of nitrogens with zero attached hydrogens (tertiary/aromatic N) is 2. The highest BCUT2D eigenvalue weighted by Gasteiger charge is 2.56. The van der Waals surface area contributed by atoms with E-state index >= 15 is 0 Å². The molecule has 0 atom stereocenters. The van der Waals surface area contributed by atoms with Gasteiger partial charge in [-0.2, -0.15) is 0 Å². The number of carbonyl (C=O) groups excluding carboxylic acids is 1. The monoisotopic (exact) mass is 267 g/mol. The topological polar surface area (TPSA) is 78.9 Å². The molecule has 0 aromatic carbocycles. The number of rotatable bonds is 2. The highest BCUT2D eigenvalue weighted by molar-refractivity contribution is 6.09. The first kappa shape index (κ1) is 14.2. The number of amides is 1. The fourth-order valence-electron chi connectivity index (χ4n) is 3.05. The molecule has 3 N–H and O–H groups in total. The van der Waals surface area contributed by atoms with Crippen molar-refractivity contribution >= 4 is 11.7 Å². The summed E-state index contributed by atoms with van der Waals surface area (Å²) in [6, 6.07) is 0. The summed E-state index contributed by atoms with van der Waals surface area (Å²) in [6.45, 7) is 8.36. The quantitative estimate of drug-likeness (QED) is 0.346. The zero-order valence-corrected chi connectivity index (χ0v) is 12.1. The second-order valence-corrected chi connectivity index (χ2v) is 7.00. The van der Waals surface area contributed by atoms with Crippen molar-refractivity contribution < 1.29 is 10.0 Å². The second-order valence-electron chi connectivity index (χ2n) is 7.00. The number of likely N-dealkylation sites (tertiary alicyclic amines) is 1. The summed E-state index contributed by atoms with van der Waals surface area (Å²) in [7, 11) is 0. The molecule has 0 unspecified atom stereocenters. The van der Waals surface area contributed by atoms with E-state index < -0.39 is 5.41 Å². The molecule has 0 aromatic rings. The van der Waals surface area contributed by atoms with Crippen molar-refractivity contribution in [2.24, 2.45) is 27.6 Å². The van der Waals surface area contributed by atoms with Gasteiger partial charge in [-0.3, -0.25) is 4.79 Å². The number of hydrogen-bond donors (Lipinski definition) is 2.